The van der Waals surface area contributed by atoms with Gasteiger partial charge in [0.1, 0.15) is 0 Å². The lowest BCUT2D eigenvalue weighted by Crippen LogP contribution is -2.16. The average Bonchev–Trinajstić information content (AvgIpc) is 2.41. The fourth-order valence-electron chi connectivity index (χ4n) is 1.54. The zero-order chi connectivity index (χ0) is 14.7. The summed E-state index contributed by atoms with van der Waals surface area (Å²) in [6.45, 7) is 0. The van der Waals surface area contributed by atoms with E-state index in [4.69, 9.17) is 16.7 Å². The first-order chi connectivity index (χ1) is 9.49. The lowest BCUT2D eigenvalue weighted by molar-refractivity contribution is 0.0692. The molecule has 7 heteroatoms. The zero-order valence-corrected chi connectivity index (χ0v) is 12.3. The number of nitrogens with one attached hydrogen (secondary N) is 1. The molecule has 2 rings (SSSR count). The van der Waals surface area contributed by atoms with Gasteiger partial charge in [-0.15, -0.1) is 0 Å². The van der Waals surface area contributed by atoms with Crippen molar-refractivity contribution in [3.63, 3.8) is 0 Å². The van der Waals surface area contributed by atoms with E-state index in [0.717, 1.165) is 0 Å². The number of carboxylic acid groups (broad SMARTS) is 1. The van der Waals surface area contributed by atoms with Crippen LogP contribution in [-0.4, -0.2) is 22.0 Å². The highest BCUT2D eigenvalue weighted by molar-refractivity contribution is 9.10. The first-order valence-corrected chi connectivity index (χ1v) is 6.61. The minimum atomic E-state index is -1.22. The Morgan fingerprint density at radius 3 is 2.75 bits per heavy atom. The molecular formula is C13H8BrClN2O3. The van der Waals surface area contributed by atoms with Crippen molar-refractivity contribution in [1.82, 2.24) is 4.98 Å². The van der Waals surface area contributed by atoms with E-state index in [0.29, 0.717) is 15.1 Å². The summed E-state index contributed by atoms with van der Waals surface area (Å²) in [6, 6.07) is 7.76. The van der Waals surface area contributed by atoms with Crippen LogP contribution in [-0.2, 0) is 0 Å². The number of hydrogen-bond donors (Lipinski definition) is 2. The highest BCUT2D eigenvalue weighted by atomic mass is 79.9. The average molecular weight is 356 g/mol. The van der Waals surface area contributed by atoms with Crippen molar-refractivity contribution < 1.29 is 14.7 Å². The normalized spacial score (nSPS) is 10.1. The highest BCUT2D eigenvalue weighted by Gasteiger charge is 2.16. The molecule has 1 aromatic carbocycles. The standard InChI is InChI=1S/C13H8BrClN2O3/c14-9-4-3-7(15)6-8(9)12(18)17-10-2-1-5-16-11(10)13(19)20/h1-6H,(H,17,18)(H,19,20). The predicted octanol–water partition coefficient (Wildman–Crippen LogP) is 3.45. The summed E-state index contributed by atoms with van der Waals surface area (Å²) in [6.07, 6.45) is 1.34. The van der Waals surface area contributed by atoms with Crippen LogP contribution in [0.4, 0.5) is 5.69 Å². The quantitative estimate of drug-likeness (QED) is 0.884. The van der Waals surface area contributed by atoms with E-state index in [1.165, 1.54) is 24.4 Å². The zero-order valence-electron chi connectivity index (χ0n) is 9.93. The van der Waals surface area contributed by atoms with Gasteiger partial charge in [0.2, 0.25) is 0 Å². The van der Waals surface area contributed by atoms with Gasteiger partial charge in [-0.1, -0.05) is 11.6 Å². The van der Waals surface area contributed by atoms with Crippen molar-refractivity contribution in [2.75, 3.05) is 5.32 Å². The van der Waals surface area contributed by atoms with Crippen LogP contribution in [0.5, 0.6) is 0 Å². The van der Waals surface area contributed by atoms with Gasteiger partial charge >= 0.3 is 5.97 Å². The third-order valence-electron chi connectivity index (χ3n) is 2.43. The second-order valence-electron chi connectivity index (χ2n) is 3.78. The number of aromatic carboxylic acids is 1. The van der Waals surface area contributed by atoms with Crippen LogP contribution < -0.4 is 5.32 Å². The number of benzene rings is 1. The van der Waals surface area contributed by atoms with Gasteiger partial charge in [0.05, 0.1) is 11.3 Å². The predicted molar refractivity (Wildman–Crippen MR) is 78.3 cm³/mol. The molecule has 2 N–H and O–H groups in total. The number of anilines is 1. The van der Waals surface area contributed by atoms with Gasteiger partial charge in [0, 0.05) is 15.7 Å². The molecule has 1 amide bonds. The summed E-state index contributed by atoms with van der Waals surface area (Å²) in [5, 5.41) is 11.9. The summed E-state index contributed by atoms with van der Waals surface area (Å²) in [4.78, 5) is 26.9. The number of rotatable bonds is 3. The van der Waals surface area contributed by atoms with Gasteiger partial charge in [-0.05, 0) is 46.3 Å². The number of carbonyl (C=O) groups excluding carboxylic acids is 1. The lowest BCUT2D eigenvalue weighted by Gasteiger charge is -2.09. The number of halogens is 2. The first-order valence-electron chi connectivity index (χ1n) is 5.44. The molecule has 102 valence electrons. The molecule has 0 aliphatic carbocycles. The van der Waals surface area contributed by atoms with E-state index >= 15 is 0 Å². The Kier molecular flexibility index (Phi) is 4.36. The molecule has 0 saturated heterocycles. The minimum Gasteiger partial charge on any atom is -0.476 e. The molecule has 0 atom stereocenters. The van der Waals surface area contributed by atoms with Gasteiger partial charge in [-0.25, -0.2) is 9.78 Å². The van der Waals surface area contributed by atoms with Crippen LogP contribution in [0.1, 0.15) is 20.8 Å². The van der Waals surface area contributed by atoms with Gasteiger partial charge in [0.15, 0.2) is 5.69 Å². The van der Waals surface area contributed by atoms with E-state index in [-0.39, 0.29) is 11.4 Å². The van der Waals surface area contributed by atoms with Crippen LogP contribution in [0.25, 0.3) is 0 Å². The van der Waals surface area contributed by atoms with Crippen LogP contribution >= 0.6 is 27.5 Å². The number of carbonyl (C=O) groups is 2. The molecule has 0 radical (unpaired) electrons. The Morgan fingerprint density at radius 2 is 2.05 bits per heavy atom. The van der Waals surface area contributed by atoms with Crippen LogP contribution in [0.2, 0.25) is 5.02 Å². The summed E-state index contributed by atoms with van der Waals surface area (Å²) in [5.74, 6) is -1.69. The number of hydrogen-bond acceptors (Lipinski definition) is 3. The first kappa shape index (κ1) is 14.5. The topological polar surface area (TPSA) is 79.3 Å². The summed E-state index contributed by atoms with van der Waals surface area (Å²) < 4.78 is 0.556. The Bertz CT molecular complexity index is 691. The molecular weight excluding hydrogens is 348 g/mol. The number of nitrogens with zero attached hydrogens (tertiary/aromatic N) is 1. The minimum absolute atomic E-state index is 0.122. The van der Waals surface area contributed by atoms with Crippen LogP contribution in [0.3, 0.4) is 0 Å². The number of carboxylic acids is 1. The largest absolute Gasteiger partial charge is 0.476 e. The highest BCUT2D eigenvalue weighted by Crippen LogP contribution is 2.23. The third kappa shape index (κ3) is 3.15. The molecule has 2 aromatic rings. The molecule has 0 bridgehead atoms. The van der Waals surface area contributed by atoms with E-state index in [9.17, 15) is 9.59 Å². The molecule has 1 aromatic heterocycles. The fraction of sp³-hybridized carbons (Fsp3) is 0. The van der Waals surface area contributed by atoms with Gasteiger partial charge in [0.25, 0.3) is 5.91 Å². The number of aromatic nitrogens is 1. The molecule has 20 heavy (non-hydrogen) atoms. The fourth-order valence-corrected chi connectivity index (χ4v) is 2.14. The Hall–Kier alpha value is -1.92. The molecule has 5 nitrogen and oxygen atoms in total. The lowest BCUT2D eigenvalue weighted by atomic mass is 10.2. The van der Waals surface area contributed by atoms with Gasteiger partial charge in [-0.3, -0.25) is 4.79 Å². The number of pyridine rings is 1. The summed E-state index contributed by atoms with van der Waals surface area (Å²) in [5.41, 5.74) is 0.202. The van der Waals surface area contributed by atoms with E-state index < -0.39 is 11.9 Å². The van der Waals surface area contributed by atoms with Crippen molar-refractivity contribution >= 4 is 45.1 Å². The second-order valence-corrected chi connectivity index (χ2v) is 5.07. The maximum absolute atomic E-state index is 12.1. The van der Waals surface area contributed by atoms with Crippen LogP contribution in [0, 0.1) is 0 Å². The maximum atomic E-state index is 12.1. The SMILES string of the molecule is O=C(Nc1cccnc1C(=O)O)c1cc(Cl)ccc1Br. The molecule has 0 saturated carbocycles. The summed E-state index contributed by atoms with van der Waals surface area (Å²) >= 11 is 9.08. The van der Waals surface area contributed by atoms with Crippen molar-refractivity contribution in [1.29, 1.82) is 0 Å². The monoisotopic (exact) mass is 354 g/mol. The molecule has 1 heterocycles. The smallest absolute Gasteiger partial charge is 0.356 e. The molecule has 0 aliphatic heterocycles. The Morgan fingerprint density at radius 1 is 1.30 bits per heavy atom. The summed E-state index contributed by atoms with van der Waals surface area (Å²) in [7, 11) is 0. The molecule has 0 aliphatic rings. The third-order valence-corrected chi connectivity index (χ3v) is 3.36. The maximum Gasteiger partial charge on any atom is 0.356 e. The van der Waals surface area contributed by atoms with Crippen LogP contribution in [0.15, 0.2) is 41.0 Å². The molecule has 0 fully saturated rings. The molecule has 0 spiro atoms. The van der Waals surface area contributed by atoms with Crippen molar-refractivity contribution in [3.05, 3.63) is 57.3 Å². The van der Waals surface area contributed by atoms with E-state index in [1.54, 1.807) is 12.1 Å². The number of amides is 1. The Labute approximate surface area is 127 Å². The van der Waals surface area contributed by atoms with Gasteiger partial charge < -0.3 is 10.4 Å². The van der Waals surface area contributed by atoms with Crippen molar-refractivity contribution in [3.8, 4) is 0 Å². The van der Waals surface area contributed by atoms with E-state index in [2.05, 4.69) is 26.2 Å². The van der Waals surface area contributed by atoms with Crippen molar-refractivity contribution in [2.45, 2.75) is 0 Å². The van der Waals surface area contributed by atoms with E-state index in [1.807, 2.05) is 0 Å². The Balaban J connectivity index is 2.33. The van der Waals surface area contributed by atoms with Crippen molar-refractivity contribution in [2.24, 2.45) is 0 Å². The molecule has 0 unspecified atom stereocenters. The van der Waals surface area contributed by atoms with Gasteiger partial charge in [-0.2, -0.15) is 0 Å². The second kappa shape index (κ2) is 6.02.